The molecule has 18 heavy (non-hydrogen) atoms. The van der Waals surface area contributed by atoms with Gasteiger partial charge < -0.3 is 5.21 Å². The summed E-state index contributed by atoms with van der Waals surface area (Å²) in [7, 11) is 0. The van der Waals surface area contributed by atoms with E-state index in [-0.39, 0.29) is 0 Å². The van der Waals surface area contributed by atoms with E-state index in [1.165, 1.54) is 12.3 Å². The highest BCUT2D eigenvalue weighted by molar-refractivity contribution is 6.44. The van der Waals surface area contributed by atoms with Gasteiger partial charge in [0, 0.05) is 17.2 Å². The topological polar surface area (TPSA) is 26.1 Å². The second kappa shape index (κ2) is 5.61. The molecule has 0 N–H and O–H groups in total. The van der Waals surface area contributed by atoms with Gasteiger partial charge in [0.2, 0.25) is 5.69 Å². The molecule has 0 fully saturated rings. The molecule has 0 atom stereocenters. The van der Waals surface area contributed by atoms with Gasteiger partial charge in [0.1, 0.15) is 0 Å². The molecule has 2 aromatic carbocycles. The van der Waals surface area contributed by atoms with Crippen LogP contribution in [-0.4, -0.2) is 11.0 Å². The van der Waals surface area contributed by atoms with Gasteiger partial charge in [-0.25, -0.2) is 0 Å². The molecule has 0 aliphatic carbocycles. The van der Waals surface area contributed by atoms with Crippen LogP contribution < -0.4 is 0 Å². The first kappa shape index (κ1) is 13.2. The van der Waals surface area contributed by atoms with E-state index in [4.69, 9.17) is 34.8 Å². The predicted octanol–water partition coefficient (Wildman–Crippen LogP) is 4.91. The standard InChI is InChI=1S/C13H8Cl3NO/c14-10-6-9(13(16)12(15)7-10)8-17(18)11-4-2-1-3-5-11/h1-8H/b17-8+. The predicted molar refractivity (Wildman–Crippen MR) is 76.4 cm³/mol. The minimum atomic E-state index is 0.304. The molecule has 0 heterocycles. The summed E-state index contributed by atoms with van der Waals surface area (Å²) in [5.74, 6) is 0. The Hall–Kier alpha value is -1.22. The van der Waals surface area contributed by atoms with Gasteiger partial charge in [-0.1, -0.05) is 53.0 Å². The van der Waals surface area contributed by atoms with Crippen molar-refractivity contribution in [2.75, 3.05) is 0 Å². The first-order valence-electron chi connectivity index (χ1n) is 5.09. The number of para-hydroxylation sites is 1. The van der Waals surface area contributed by atoms with Crippen molar-refractivity contribution in [3.63, 3.8) is 0 Å². The zero-order valence-corrected chi connectivity index (χ0v) is 11.4. The van der Waals surface area contributed by atoms with Crippen LogP contribution >= 0.6 is 34.8 Å². The van der Waals surface area contributed by atoms with E-state index in [9.17, 15) is 5.21 Å². The van der Waals surface area contributed by atoms with Gasteiger partial charge in [0.25, 0.3) is 0 Å². The van der Waals surface area contributed by atoms with Crippen LogP contribution in [0.4, 0.5) is 5.69 Å². The van der Waals surface area contributed by atoms with Gasteiger partial charge in [-0.2, -0.15) is 4.74 Å². The van der Waals surface area contributed by atoms with Crippen LogP contribution in [0.3, 0.4) is 0 Å². The van der Waals surface area contributed by atoms with Gasteiger partial charge in [-0.15, -0.1) is 0 Å². The number of benzene rings is 2. The van der Waals surface area contributed by atoms with Gasteiger partial charge in [0.05, 0.1) is 15.6 Å². The summed E-state index contributed by atoms with van der Waals surface area (Å²) in [6.45, 7) is 0. The average Bonchev–Trinajstić information content (AvgIpc) is 2.36. The minimum Gasteiger partial charge on any atom is -0.618 e. The summed E-state index contributed by atoms with van der Waals surface area (Å²) in [6, 6.07) is 11.9. The largest absolute Gasteiger partial charge is 0.618 e. The molecule has 0 unspecified atom stereocenters. The van der Waals surface area contributed by atoms with Crippen LogP contribution in [0.1, 0.15) is 5.56 Å². The molecule has 0 saturated heterocycles. The van der Waals surface area contributed by atoms with Crippen LogP contribution in [0.5, 0.6) is 0 Å². The van der Waals surface area contributed by atoms with Crippen molar-refractivity contribution in [1.82, 2.24) is 0 Å². The fourth-order valence-electron chi connectivity index (χ4n) is 1.45. The van der Waals surface area contributed by atoms with Crippen LogP contribution in [0.15, 0.2) is 42.5 Å². The maximum Gasteiger partial charge on any atom is 0.216 e. The number of nitrogens with zero attached hydrogens (tertiary/aromatic N) is 1. The molecule has 92 valence electrons. The third-order valence-electron chi connectivity index (χ3n) is 2.29. The first-order valence-corrected chi connectivity index (χ1v) is 6.22. The quantitative estimate of drug-likeness (QED) is 0.254. The lowest BCUT2D eigenvalue weighted by Crippen LogP contribution is -1.99. The Bertz CT molecular complexity index is 597. The van der Waals surface area contributed by atoms with Gasteiger partial charge in [-0.3, -0.25) is 0 Å². The molecule has 0 radical (unpaired) electrons. The van der Waals surface area contributed by atoms with Crippen LogP contribution in [0.2, 0.25) is 15.1 Å². The molecular formula is C13H8Cl3NO. The van der Waals surface area contributed by atoms with E-state index >= 15 is 0 Å². The number of hydrogen-bond donors (Lipinski definition) is 0. The lowest BCUT2D eigenvalue weighted by Gasteiger charge is -2.05. The fourth-order valence-corrected chi connectivity index (χ4v) is 2.11. The molecule has 5 heteroatoms. The van der Waals surface area contributed by atoms with E-state index in [0.717, 1.165) is 0 Å². The van der Waals surface area contributed by atoms with Gasteiger partial charge in [0.15, 0.2) is 6.21 Å². The van der Waals surface area contributed by atoms with Crippen LogP contribution in [0, 0.1) is 5.21 Å². The molecular weight excluding hydrogens is 293 g/mol. The zero-order chi connectivity index (χ0) is 13.1. The third-order valence-corrected chi connectivity index (χ3v) is 3.32. The van der Waals surface area contributed by atoms with E-state index < -0.39 is 0 Å². The van der Waals surface area contributed by atoms with E-state index in [1.54, 1.807) is 30.3 Å². The van der Waals surface area contributed by atoms with E-state index in [1.807, 2.05) is 6.07 Å². The summed E-state index contributed by atoms with van der Waals surface area (Å²) >= 11 is 17.8. The number of hydrogen-bond acceptors (Lipinski definition) is 1. The number of rotatable bonds is 2. The van der Waals surface area contributed by atoms with Crippen molar-refractivity contribution in [2.45, 2.75) is 0 Å². The van der Waals surface area contributed by atoms with Crippen molar-refractivity contribution < 1.29 is 4.74 Å². The molecule has 0 amide bonds. The Balaban J connectivity index is 2.45. The fraction of sp³-hybridized carbons (Fsp3) is 0. The SMILES string of the molecule is [O-]/[N+](=C/c1cc(Cl)cc(Cl)c1Cl)c1ccccc1. The summed E-state index contributed by atoms with van der Waals surface area (Å²) in [5, 5.41) is 13.0. The Morgan fingerprint density at radius 1 is 1.00 bits per heavy atom. The van der Waals surface area contributed by atoms with Crippen molar-refractivity contribution >= 4 is 46.7 Å². The van der Waals surface area contributed by atoms with Crippen molar-refractivity contribution in [1.29, 1.82) is 0 Å². The summed E-state index contributed by atoms with van der Waals surface area (Å²) in [4.78, 5) is 0. The maximum atomic E-state index is 11.9. The highest BCUT2D eigenvalue weighted by atomic mass is 35.5. The monoisotopic (exact) mass is 299 g/mol. The molecule has 2 rings (SSSR count). The number of halogens is 3. The molecule has 2 aromatic rings. The van der Waals surface area contributed by atoms with Crippen LogP contribution in [-0.2, 0) is 0 Å². The third kappa shape index (κ3) is 2.96. The van der Waals surface area contributed by atoms with Crippen molar-refractivity contribution in [3.8, 4) is 0 Å². The summed E-state index contributed by atoms with van der Waals surface area (Å²) < 4.78 is 0.716. The average molecular weight is 301 g/mol. The second-order valence-electron chi connectivity index (χ2n) is 3.58. The van der Waals surface area contributed by atoms with Crippen LogP contribution in [0.25, 0.3) is 0 Å². The Kier molecular flexibility index (Phi) is 4.12. The van der Waals surface area contributed by atoms with Gasteiger partial charge >= 0.3 is 0 Å². The maximum absolute atomic E-state index is 11.9. The molecule has 0 aliphatic rings. The first-order chi connectivity index (χ1) is 8.58. The molecule has 0 spiro atoms. The molecule has 0 aliphatic heterocycles. The van der Waals surface area contributed by atoms with Crippen molar-refractivity contribution in [2.24, 2.45) is 0 Å². The smallest absolute Gasteiger partial charge is 0.216 e. The summed E-state index contributed by atoms with van der Waals surface area (Å²) in [5.41, 5.74) is 0.984. The highest BCUT2D eigenvalue weighted by Crippen LogP contribution is 2.29. The zero-order valence-electron chi connectivity index (χ0n) is 9.11. The molecule has 2 nitrogen and oxygen atoms in total. The Morgan fingerprint density at radius 3 is 2.33 bits per heavy atom. The van der Waals surface area contributed by atoms with Crippen molar-refractivity contribution in [3.05, 3.63) is 68.3 Å². The minimum absolute atomic E-state index is 0.304. The molecule has 0 saturated carbocycles. The molecule has 0 aromatic heterocycles. The Labute approximate surface area is 120 Å². The van der Waals surface area contributed by atoms with E-state index in [2.05, 4.69) is 0 Å². The normalized spacial score (nSPS) is 11.6. The lowest BCUT2D eigenvalue weighted by molar-refractivity contribution is -0.354. The Morgan fingerprint density at radius 2 is 1.67 bits per heavy atom. The summed E-state index contributed by atoms with van der Waals surface area (Å²) in [6.07, 6.45) is 1.34. The van der Waals surface area contributed by atoms with Gasteiger partial charge in [-0.05, 0) is 12.1 Å². The second-order valence-corrected chi connectivity index (χ2v) is 4.80. The molecule has 0 bridgehead atoms. The highest BCUT2D eigenvalue weighted by Gasteiger charge is 2.09. The van der Waals surface area contributed by atoms with E-state index in [0.29, 0.717) is 31.1 Å². The lowest BCUT2D eigenvalue weighted by atomic mass is 10.2.